The molecule has 0 aliphatic heterocycles. The molecule has 1 aromatic rings. The van der Waals surface area contributed by atoms with Gasteiger partial charge in [0.25, 0.3) is 0 Å². The van der Waals surface area contributed by atoms with Crippen molar-refractivity contribution in [1.29, 1.82) is 0 Å². The quantitative estimate of drug-likeness (QED) is 0.544. The van der Waals surface area contributed by atoms with Gasteiger partial charge in [0, 0.05) is 11.5 Å². The molecular weight excluding hydrogens is 316 g/mol. The lowest BCUT2D eigenvalue weighted by Gasteiger charge is -2.15. The fraction of sp³-hybridized carbons (Fsp3) is 0.588. The summed E-state index contributed by atoms with van der Waals surface area (Å²) in [6, 6.07) is 5.67. The third kappa shape index (κ3) is 4.93. The van der Waals surface area contributed by atoms with Gasteiger partial charge in [0.15, 0.2) is 5.78 Å². The van der Waals surface area contributed by atoms with Crippen LogP contribution in [0.25, 0.3) is 0 Å². The number of ether oxygens (including phenoxy) is 1. The van der Waals surface area contributed by atoms with Crippen LogP contribution in [0, 0.1) is 5.92 Å². The molecule has 2 nitrogen and oxygen atoms in total. The molecule has 0 spiro atoms. The molecule has 0 saturated carbocycles. The Balaban J connectivity index is 2.84. The molecule has 0 unspecified atom stereocenters. The third-order valence-corrected chi connectivity index (χ3v) is 3.94. The maximum absolute atomic E-state index is 12.5. The van der Waals surface area contributed by atoms with Gasteiger partial charge in [-0.2, -0.15) is 0 Å². The van der Waals surface area contributed by atoms with E-state index in [0.717, 1.165) is 47.9 Å². The van der Waals surface area contributed by atoms with Crippen LogP contribution < -0.4 is 4.74 Å². The summed E-state index contributed by atoms with van der Waals surface area (Å²) in [5.41, 5.74) is 0.785. The van der Waals surface area contributed by atoms with Crippen molar-refractivity contribution in [3.05, 3.63) is 28.2 Å². The first kappa shape index (κ1) is 17.2. The Morgan fingerprint density at radius 2 is 1.80 bits per heavy atom. The van der Waals surface area contributed by atoms with Crippen molar-refractivity contribution in [2.75, 3.05) is 6.61 Å². The van der Waals surface area contributed by atoms with Crippen LogP contribution in [-0.2, 0) is 0 Å². The summed E-state index contributed by atoms with van der Waals surface area (Å²) in [4.78, 5) is 12.5. The van der Waals surface area contributed by atoms with Gasteiger partial charge in [0.05, 0.1) is 11.1 Å². The predicted octanol–water partition coefficient (Wildman–Crippen LogP) is 5.64. The molecule has 20 heavy (non-hydrogen) atoms. The number of hydrogen-bond donors (Lipinski definition) is 0. The minimum absolute atomic E-state index is 0.152. The minimum Gasteiger partial charge on any atom is -0.492 e. The monoisotopic (exact) mass is 340 g/mol. The Bertz CT molecular complexity index is 423. The summed E-state index contributed by atoms with van der Waals surface area (Å²) in [6.07, 6.45) is 5.02. The highest BCUT2D eigenvalue weighted by atomic mass is 79.9. The van der Waals surface area contributed by atoms with Crippen molar-refractivity contribution < 1.29 is 9.53 Å². The van der Waals surface area contributed by atoms with Crippen molar-refractivity contribution in [3.8, 4) is 5.75 Å². The van der Waals surface area contributed by atoms with Gasteiger partial charge in [0.1, 0.15) is 5.75 Å². The van der Waals surface area contributed by atoms with E-state index in [4.69, 9.17) is 4.74 Å². The molecule has 0 bridgehead atoms. The van der Waals surface area contributed by atoms with E-state index < -0.39 is 0 Å². The average molecular weight is 341 g/mol. The predicted molar refractivity (Wildman–Crippen MR) is 87.6 cm³/mol. The maximum Gasteiger partial charge on any atom is 0.165 e. The molecule has 0 heterocycles. The number of hydrogen-bond acceptors (Lipinski definition) is 2. The summed E-state index contributed by atoms with van der Waals surface area (Å²) in [5.74, 6) is 1.22. The molecule has 0 saturated heterocycles. The van der Waals surface area contributed by atoms with Crippen LogP contribution in [0.15, 0.2) is 22.7 Å². The van der Waals surface area contributed by atoms with E-state index in [1.54, 1.807) is 0 Å². The maximum atomic E-state index is 12.5. The molecule has 0 aliphatic carbocycles. The molecule has 0 amide bonds. The topological polar surface area (TPSA) is 26.3 Å². The van der Waals surface area contributed by atoms with E-state index in [0.29, 0.717) is 6.61 Å². The summed E-state index contributed by atoms with van der Waals surface area (Å²) >= 11 is 3.50. The molecule has 0 atom stereocenters. The number of Topliss-reactive ketones (excluding diaryl/α,β-unsaturated/α-hetero) is 1. The van der Waals surface area contributed by atoms with E-state index in [1.807, 2.05) is 18.2 Å². The van der Waals surface area contributed by atoms with Crippen LogP contribution in [0.5, 0.6) is 5.75 Å². The molecule has 112 valence electrons. The van der Waals surface area contributed by atoms with Crippen molar-refractivity contribution in [2.24, 2.45) is 5.92 Å². The summed E-state index contributed by atoms with van der Waals surface area (Å²) in [5, 5.41) is 0. The van der Waals surface area contributed by atoms with Crippen LogP contribution in [0.3, 0.4) is 0 Å². The van der Waals surface area contributed by atoms with Gasteiger partial charge < -0.3 is 4.74 Å². The van der Waals surface area contributed by atoms with E-state index >= 15 is 0 Å². The second kappa shape index (κ2) is 9.17. The lowest BCUT2D eigenvalue weighted by molar-refractivity contribution is 0.0905. The molecule has 0 aliphatic rings. The second-order valence-corrected chi connectivity index (χ2v) is 5.99. The highest BCUT2D eigenvalue weighted by Gasteiger charge is 2.19. The Kier molecular flexibility index (Phi) is 7.90. The largest absolute Gasteiger partial charge is 0.492 e. The zero-order valence-electron chi connectivity index (χ0n) is 12.7. The fourth-order valence-electron chi connectivity index (χ4n) is 2.32. The van der Waals surface area contributed by atoms with Crippen molar-refractivity contribution in [3.63, 3.8) is 0 Å². The number of carbonyl (C=O) groups is 1. The smallest absolute Gasteiger partial charge is 0.165 e. The first-order valence-corrected chi connectivity index (χ1v) is 8.39. The lowest BCUT2D eigenvalue weighted by Crippen LogP contribution is -2.14. The van der Waals surface area contributed by atoms with Crippen LogP contribution in [0.2, 0.25) is 0 Å². The number of benzene rings is 1. The molecule has 0 N–H and O–H groups in total. The van der Waals surface area contributed by atoms with Gasteiger partial charge in [-0.25, -0.2) is 0 Å². The van der Waals surface area contributed by atoms with Crippen LogP contribution in [0.1, 0.15) is 63.2 Å². The highest BCUT2D eigenvalue weighted by molar-refractivity contribution is 9.10. The first-order chi connectivity index (χ1) is 9.63. The van der Waals surface area contributed by atoms with E-state index in [9.17, 15) is 4.79 Å². The van der Waals surface area contributed by atoms with Gasteiger partial charge in [-0.05, 0) is 53.4 Å². The number of halogens is 1. The van der Waals surface area contributed by atoms with Gasteiger partial charge in [-0.3, -0.25) is 4.79 Å². The first-order valence-electron chi connectivity index (χ1n) is 7.60. The van der Waals surface area contributed by atoms with E-state index in [-0.39, 0.29) is 11.7 Å². The zero-order valence-corrected chi connectivity index (χ0v) is 14.3. The fourth-order valence-corrected chi connectivity index (χ4v) is 2.82. The SMILES string of the molecule is CCCOc1ccc(C(=O)C(CCC)CCC)cc1Br. The zero-order chi connectivity index (χ0) is 15.0. The number of ketones is 1. The molecule has 0 aromatic heterocycles. The van der Waals surface area contributed by atoms with Crippen molar-refractivity contribution >= 4 is 21.7 Å². The van der Waals surface area contributed by atoms with Crippen LogP contribution >= 0.6 is 15.9 Å². The molecule has 3 heteroatoms. The number of rotatable bonds is 9. The van der Waals surface area contributed by atoms with Gasteiger partial charge >= 0.3 is 0 Å². The van der Waals surface area contributed by atoms with E-state index in [2.05, 4.69) is 36.7 Å². The Hall–Kier alpha value is -0.830. The van der Waals surface area contributed by atoms with Crippen LogP contribution in [-0.4, -0.2) is 12.4 Å². The van der Waals surface area contributed by atoms with Crippen molar-refractivity contribution in [1.82, 2.24) is 0 Å². The van der Waals surface area contributed by atoms with Gasteiger partial charge in [-0.15, -0.1) is 0 Å². The second-order valence-electron chi connectivity index (χ2n) is 5.13. The Morgan fingerprint density at radius 3 is 2.30 bits per heavy atom. The van der Waals surface area contributed by atoms with Crippen LogP contribution in [0.4, 0.5) is 0 Å². The minimum atomic E-state index is 0.152. The molecule has 0 fully saturated rings. The summed E-state index contributed by atoms with van der Waals surface area (Å²) < 4.78 is 6.48. The summed E-state index contributed by atoms with van der Waals surface area (Å²) in [7, 11) is 0. The number of carbonyl (C=O) groups excluding carboxylic acids is 1. The normalized spacial score (nSPS) is 10.8. The van der Waals surface area contributed by atoms with Gasteiger partial charge in [0.2, 0.25) is 0 Å². The molecular formula is C17H25BrO2. The average Bonchev–Trinajstić information content (AvgIpc) is 2.45. The van der Waals surface area contributed by atoms with Crippen molar-refractivity contribution in [2.45, 2.75) is 52.9 Å². The highest BCUT2D eigenvalue weighted by Crippen LogP contribution is 2.28. The van der Waals surface area contributed by atoms with Gasteiger partial charge in [-0.1, -0.05) is 33.6 Å². The summed E-state index contributed by atoms with van der Waals surface area (Å²) in [6.45, 7) is 7.03. The molecule has 1 rings (SSSR count). The molecule has 0 radical (unpaired) electrons. The lowest BCUT2D eigenvalue weighted by atomic mass is 9.90. The Morgan fingerprint density at radius 1 is 1.15 bits per heavy atom. The van der Waals surface area contributed by atoms with E-state index in [1.165, 1.54) is 0 Å². The molecule has 1 aromatic carbocycles. The third-order valence-electron chi connectivity index (χ3n) is 3.32. The standard InChI is InChI=1S/C17H25BrO2/c1-4-7-13(8-5-2)17(19)14-9-10-16(15(18)12-14)20-11-6-3/h9-10,12-13H,4-8,11H2,1-3H3. The Labute approximate surface area is 131 Å².